The van der Waals surface area contributed by atoms with Crippen LogP contribution in [-0.2, 0) is 6.37 Å². The van der Waals surface area contributed by atoms with Crippen molar-refractivity contribution in [1.29, 1.82) is 0 Å². The van der Waals surface area contributed by atoms with Gasteiger partial charge >= 0.3 is 0 Å². The molecule has 0 unspecified atom stereocenters. The van der Waals surface area contributed by atoms with Crippen LogP contribution in [0.1, 0.15) is 32.6 Å². The van der Waals surface area contributed by atoms with Crippen LogP contribution in [0.4, 0.5) is 0 Å². The average Bonchev–Trinajstić information content (AvgIpc) is 2.42. The van der Waals surface area contributed by atoms with Crippen molar-refractivity contribution in [2.45, 2.75) is 24.6 Å². The minimum Gasteiger partial charge on any atom is -0.496 e. The Morgan fingerprint density at radius 1 is 1.35 bits per heavy atom. The Bertz CT molecular complexity index is 654. The van der Waals surface area contributed by atoms with E-state index in [9.17, 15) is 0 Å². The van der Waals surface area contributed by atoms with Gasteiger partial charge in [0.15, 0.2) is 0 Å². The molecule has 3 nitrogen and oxygen atoms in total. The summed E-state index contributed by atoms with van der Waals surface area (Å²) in [5, 5.41) is 0. The van der Waals surface area contributed by atoms with E-state index in [4.69, 9.17) is 28.9 Å². The summed E-state index contributed by atoms with van der Waals surface area (Å²) >= 11 is 1.17. The van der Waals surface area contributed by atoms with Gasteiger partial charge in [0.1, 0.15) is 11.5 Å². The van der Waals surface area contributed by atoms with Crippen molar-refractivity contribution in [1.82, 2.24) is 0 Å². The first-order chi connectivity index (χ1) is 12.0. The van der Waals surface area contributed by atoms with Crippen LogP contribution in [0, 0.1) is 0 Å². The molecule has 0 aliphatic heterocycles. The van der Waals surface area contributed by atoms with E-state index in [1.165, 1.54) is 11.8 Å². The van der Waals surface area contributed by atoms with Gasteiger partial charge in [0.05, 0.1) is 27.2 Å². The lowest BCUT2D eigenvalue weighted by Gasteiger charge is -2.14. The first-order valence-corrected chi connectivity index (χ1v) is 5.95. The van der Waals surface area contributed by atoms with Crippen LogP contribution in [0.5, 0.6) is 11.5 Å². The minimum atomic E-state index is -2.94. The van der Waals surface area contributed by atoms with E-state index in [1.807, 2.05) is 6.92 Å². The zero-order chi connectivity index (χ0) is 21.3. The number of methoxy groups -OCH3 is 2. The molecule has 0 atom stereocenters. The standard InChI is InChI=1S/C13H21NO2S/c1-4-7-17-13-9-11(15-2)10(5-6-14)8-12(13)16-3/h8-9H,4-7,14H2,1-3H3/i2D3,3D3,5D2,6D2. The Hall–Kier alpha value is -0.870. The molecule has 1 rings (SSSR count). The highest BCUT2D eigenvalue weighted by Crippen LogP contribution is 2.36. The predicted octanol–water partition coefficient (Wildman–Crippen LogP) is 2.71. The molecule has 1 aromatic rings. The lowest BCUT2D eigenvalue weighted by Crippen LogP contribution is -2.05. The topological polar surface area (TPSA) is 44.5 Å². The van der Waals surface area contributed by atoms with Crippen LogP contribution in [0.2, 0.25) is 0 Å². The van der Waals surface area contributed by atoms with Gasteiger partial charge in [-0.2, -0.15) is 0 Å². The van der Waals surface area contributed by atoms with Crippen molar-refractivity contribution in [2.24, 2.45) is 5.73 Å². The van der Waals surface area contributed by atoms with Crippen molar-refractivity contribution in [3.63, 3.8) is 0 Å². The zero-order valence-corrected chi connectivity index (χ0v) is 10.2. The SMILES string of the molecule is [2H]C([2H])([2H])Oc1cc(C([2H])([2H])C([2H])([2H])N)c(OC([2H])([2H])[2H])cc1SCCC. The van der Waals surface area contributed by atoms with Crippen LogP contribution in [0.3, 0.4) is 0 Å². The van der Waals surface area contributed by atoms with Crippen molar-refractivity contribution >= 4 is 11.8 Å². The highest BCUT2D eigenvalue weighted by molar-refractivity contribution is 7.99. The van der Waals surface area contributed by atoms with Crippen molar-refractivity contribution < 1.29 is 23.2 Å². The summed E-state index contributed by atoms with van der Waals surface area (Å²) in [6, 6.07) is 2.06. The van der Waals surface area contributed by atoms with Crippen LogP contribution in [-0.4, -0.2) is 26.3 Å². The van der Waals surface area contributed by atoms with Crippen molar-refractivity contribution in [3.8, 4) is 11.5 Å². The van der Waals surface area contributed by atoms with E-state index in [0.29, 0.717) is 5.75 Å². The minimum absolute atomic E-state index is 0.226. The molecule has 0 spiro atoms. The molecule has 1 aromatic carbocycles. The van der Waals surface area contributed by atoms with Gasteiger partial charge < -0.3 is 15.2 Å². The number of rotatable bonds is 7. The van der Waals surface area contributed by atoms with E-state index in [0.717, 1.165) is 18.6 Å². The second-order valence-corrected chi connectivity index (χ2v) is 4.25. The van der Waals surface area contributed by atoms with Crippen LogP contribution >= 0.6 is 11.8 Å². The number of ether oxygens (including phenoxy) is 2. The molecule has 0 amide bonds. The molecule has 17 heavy (non-hydrogen) atoms. The van der Waals surface area contributed by atoms with E-state index in [-0.39, 0.29) is 10.6 Å². The lowest BCUT2D eigenvalue weighted by molar-refractivity contribution is 0.390. The van der Waals surface area contributed by atoms with Gasteiger partial charge in [0.2, 0.25) is 0 Å². The summed E-state index contributed by atoms with van der Waals surface area (Å²) in [4.78, 5) is 0.226. The molecule has 96 valence electrons. The Kier molecular flexibility index (Phi) is 2.37. The monoisotopic (exact) mass is 265 g/mol. The van der Waals surface area contributed by atoms with Gasteiger partial charge in [0.25, 0.3) is 0 Å². The van der Waals surface area contributed by atoms with Gasteiger partial charge in [-0.15, -0.1) is 11.8 Å². The fourth-order valence-corrected chi connectivity index (χ4v) is 2.06. The van der Waals surface area contributed by atoms with Gasteiger partial charge in [-0.3, -0.25) is 0 Å². The normalized spacial score (nSPS) is 22.2. The van der Waals surface area contributed by atoms with E-state index in [2.05, 4.69) is 0 Å². The maximum absolute atomic E-state index is 8.00. The lowest BCUT2D eigenvalue weighted by atomic mass is 10.1. The largest absolute Gasteiger partial charge is 0.496 e. The summed E-state index contributed by atoms with van der Waals surface area (Å²) in [5.41, 5.74) is 4.71. The second kappa shape index (κ2) is 7.45. The smallest absolute Gasteiger partial charge is 0.132 e. The summed E-state index contributed by atoms with van der Waals surface area (Å²) < 4.78 is 84.5. The quantitative estimate of drug-likeness (QED) is 0.770. The summed E-state index contributed by atoms with van der Waals surface area (Å²) in [6.45, 7) is -1.03. The molecule has 0 saturated heterocycles. The van der Waals surface area contributed by atoms with Crippen LogP contribution in [0.25, 0.3) is 0 Å². The van der Waals surface area contributed by atoms with E-state index < -0.39 is 38.3 Å². The first-order valence-electron chi connectivity index (χ1n) is 9.96. The Balaban J connectivity index is 3.67. The molecule has 0 aliphatic rings. The average molecular weight is 265 g/mol. The van der Waals surface area contributed by atoms with Crippen LogP contribution in [0.15, 0.2) is 17.0 Å². The first kappa shape index (κ1) is 5.41. The predicted molar refractivity (Wildman–Crippen MR) is 73.3 cm³/mol. The summed E-state index contributed by atoms with van der Waals surface area (Å²) in [6.07, 6.45) is -2.17. The van der Waals surface area contributed by atoms with Gasteiger partial charge in [0, 0.05) is 5.48 Å². The van der Waals surface area contributed by atoms with Crippen LogP contribution < -0.4 is 15.2 Å². The molecule has 0 aliphatic carbocycles. The number of thioether (sulfide) groups is 1. The van der Waals surface area contributed by atoms with Gasteiger partial charge in [-0.25, -0.2) is 0 Å². The fraction of sp³-hybridized carbons (Fsp3) is 0.538. The highest BCUT2D eigenvalue weighted by atomic mass is 32.2. The van der Waals surface area contributed by atoms with Crippen molar-refractivity contribution in [3.05, 3.63) is 17.7 Å². The summed E-state index contributed by atoms with van der Waals surface area (Å²) in [5.74, 6) is -0.158. The molecule has 4 heteroatoms. The third-order valence-electron chi connectivity index (χ3n) is 1.93. The molecule has 0 bridgehead atoms. The second-order valence-electron chi connectivity index (χ2n) is 3.12. The maximum atomic E-state index is 8.00. The molecule has 0 radical (unpaired) electrons. The third-order valence-corrected chi connectivity index (χ3v) is 3.18. The number of hydrogen-bond acceptors (Lipinski definition) is 4. The van der Waals surface area contributed by atoms with Gasteiger partial charge in [-0.05, 0) is 42.7 Å². The fourth-order valence-electron chi connectivity index (χ4n) is 1.21. The Labute approximate surface area is 122 Å². The molecule has 0 aromatic heterocycles. The Morgan fingerprint density at radius 3 is 2.76 bits per heavy atom. The molecule has 0 heterocycles. The third kappa shape index (κ3) is 3.82. The molecule has 2 N–H and O–H groups in total. The number of hydrogen-bond donors (Lipinski definition) is 1. The molecular weight excluding hydrogens is 234 g/mol. The van der Waals surface area contributed by atoms with Gasteiger partial charge in [-0.1, -0.05) is 6.92 Å². The molecular formula is C13H21NO2S. The number of aryl methyl sites for hydroxylation is 1. The number of nitrogens with two attached hydrogens (primary N) is 1. The van der Waals surface area contributed by atoms with E-state index >= 15 is 0 Å². The highest BCUT2D eigenvalue weighted by Gasteiger charge is 2.10. The Morgan fingerprint density at radius 2 is 2.12 bits per heavy atom. The summed E-state index contributed by atoms with van der Waals surface area (Å²) in [7, 11) is -5.79. The molecule has 0 saturated carbocycles. The van der Waals surface area contributed by atoms with E-state index in [1.54, 1.807) is 0 Å². The zero-order valence-electron chi connectivity index (χ0n) is 19.4. The maximum Gasteiger partial charge on any atom is 0.132 e. The molecule has 0 fully saturated rings. The number of benzene rings is 1. The van der Waals surface area contributed by atoms with Crippen molar-refractivity contribution in [2.75, 3.05) is 26.3 Å².